The Bertz CT molecular complexity index is 2000. The number of allylic oxidation sites excluding steroid dienone is 7. The summed E-state index contributed by atoms with van der Waals surface area (Å²) in [6.45, 7) is 28.3. The normalized spacial score (nSPS) is 32.2. The lowest BCUT2D eigenvalue weighted by atomic mass is 9.34. The van der Waals surface area contributed by atoms with E-state index in [9.17, 15) is 33.9 Å². The highest BCUT2D eigenvalue weighted by atomic mass is 16.6. The first kappa shape index (κ1) is 47.8. The number of carbonyl (C=O) groups excluding carboxylic acids is 6. The molecule has 3 saturated carbocycles. The van der Waals surface area contributed by atoms with Gasteiger partial charge in [0.25, 0.3) is 0 Å². The van der Waals surface area contributed by atoms with Crippen molar-refractivity contribution >= 4 is 35.5 Å². The lowest BCUT2D eigenvalue weighted by Crippen LogP contribution is -2.63. The molecule has 2 amide bonds. The molecule has 0 aromatic carbocycles. The third kappa shape index (κ3) is 9.43. The van der Waals surface area contributed by atoms with Gasteiger partial charge in [0, 0.05) is 16.4 Å². The summed E-state index contributed by atoms with van der Waals surface area (Å²) in [6, 6.07) is -2.80. The maximum atomic E-state index is 14.7. The van der Waals surface area contributed by atoms with Crippen molar-refractivity contribution in [1.82, 2.24) is 10.6 Å². The van der Waals surface area contributed by atoms with Crippen LogP contribution in [0, 0.1) is 33.0 Å². The van der Waals surface area contributed by atoms with Gasteiger partial charge in [-0.3, -0.25) is 19.2 Å². The Morgan fingerprint density at radius 1 is 0.738 bits per heavy atom. The van der Waals surface area contributed by atoms with Crippen molar-refractivity contribution in [1.29, 1.82) is 0 Å². The molecular formula is C49H72N2O10. The summed E-state index contributed by atoms with van der Waals surface area (Å²) in [7, 11) is 0. The number of aliphatic hydroxyl groups excluding tert-OH is 1. The molecule has 12 nitrogen and oxygen atoms in total. The fourth-order valence-electron chi connectivity index (χ4n) is 11.1. The number of fused-ring (bicyclic) bond motifs is 7. The van der Waals surface area contributed by atoms with Gasteiger partial charge in [0.2, 0.25) is 17.6 Å². The van der Waals surface area contributed by atoms with Crippen molar-refractivity contribution in [2.75, 3.05) is 0 Å². The third-order valence-electron chi connectivity index (χ3n) is 14.6. The van der Waals surface area contributed by atoms with Gasteiger partial charge in [0.15, 0.2) is 5.76 Å². The van der Waals surface area contributed by atoms with E-state index in [1.54, 1.807) is 75.3 Å². The van der Waals surface area contributed by atoms with Crippen molar-refractivity contribution in [3.8, 4) is 0 Å². The largest absolute Gasteiger partial charge is 0.504 e. The van der Waals surface area contributed by atoms with Crippen molar-refractivity contribution in [3.63, 3.8) is 0 Å². The lowest BCUT2D eigenvalue weighted by Gasteiger charge is -2.70. The topological polar surface area (TPSA) is 174 Å². The van der Waals surface area contributed by atoms with E-state index in [0.717, 1.165) is 43.3 Å². The molecule has 0 heterocycles. The van der Waals surface area contributed by atoms with Gasteiger partial charge in [0.1, 0.15) is 28.9 Å². The summed E-state index contributed by atoms with van der Waals surface area (Å²) in [5, 5.41) is 16.0. The minimum absolute atomic E-state index is 0.0432. The predicted molar refractivity (Wildman–Crippen MR) is 232 cm³/mol. The van der Waals surface area contributed by atoms with Gasteiger partial charge in [-0.2, -0.15) is 0 Å². The Morgan fingerprint density at radius 3 is 1.84 bits per heavy atom. The number of nitrogens with one attached hydrogen (secondary N) is 2. The zero-order valence-electron chi connectivity index (χ0n) is 39.4. The minimum Gasteiger partial charge on any atom is -0.504 e. The SMILES string of the molecule is CC1=C(O)C(=O)C=C2C1=CC=C1[C@@]2(C)CC[C@@]2(C)[C@@H]3C[C@](C)(C(=O)NC(CC(=O)NC(CC(=O)OC(C)(C)C)C(=O)OC(C)(C)C)C(=O)OC(C)(C)C)CC[C@]3(C)CC[C@]12C. The van der Waals surface area contributed by atoms with E-state index < -0.39 is 76.4 Å². The van der Waals surface area contributed by atoms with Crippen LogP contribution in [0.3, 0.4) is 0 Å². The maximum absolute atomic E-state index is 14.7. The predicted octanol–water partition coefficient (Wildman–Crippen LogP) is 8.39. The van der Waals surface area contributed by atoms with E-state index >= 15 is 0 Å². The molecule has 5 rings (SSSR count). The van der Waals surface area contributed by atoms with Crippen LogP contribution in [0.4, 0.5) is 0 Å². The molecule has 0 bridgehead atoms. The summed E-state index contributed by atoms with van der Waals surface area (Å²) in [4.78, 5) is 81.4. The molecular weight excluding hydrogens is 777 g/mol. The Labute approximate surface area is 363 Å². The number of hydrogen-bond acceptors (Lipinski definition) is 10. The molecule has 0 radical (unpaired) electrons. The van der Waals surface area contributed by atoms with E-state index in [1.807, 2.05) is 6.92 Å². The van der Waals surface area contributed by atoms with Crippen LogP contribution in [0.2, 0.25) is 0 Å². The van der Waals surface area contributed by atoms with Crippen LogP contribution in [-0.4, -0.2) is 69.5 Å². The van der Waals surface area contributed by atoms with Crippen LogP contribution >= 0.6 is 0 Å². The summed E-state index contributed by atoms with van der Waals surface area (Å²) in [5.41, 5.74) is -0.731. The van der Waals surface area contributed by atoms with Crippen LogP contribution in [0.15, 0.2) is 46.3 Å². The fraction of sp³-hybridized carbons (Fsp3) is 0.714. The van der Waals surface area contributed by atoms with Crippen molar-refractivity contribution in [2.24, 2.45) is 33.0 Å². The van der Waals surface area contributed by atoms with E-state index in [-0.39, 0.29) is 39.6 Å². The molecule has 0 aliphatic heterocycles. The highest BCUT2D eigenvalue weighted by Gasteiger charge is 2.67. The molecule has 0 aromatic heterocycles. The number of ketones is 1. The molecule has 2 unspecified atom stereocenters. The molecule has 0 spiro atoms. The monoisotopic (exact) mass is 849 g/mol. The summed E-state index contributed by atoms with van der Waals surface area (Å²) >= 11 is 0. The second kappa shape index (κ2) is 15.8. The number of rotatable bonds is 9. The Balaban J connectivity index is 1.41. The zero-order chi connectivity index (χ0) is 46.1. The molecule has 0 saturated heterocycles. The average Bonchev–Trinajstić information content (AvgIpc) is 3.10. The molecule has 0 aromatic rings. The van der Waals surface area contributed by atoms with Crippen LogP contribution in [0.1, 0.15) is 162 Å². The number of ether oxygens (including phenoxy) is 3. The molecule has 3 fully saturated rings. The average molecular weight is 849 g/mol. The van der Waals surface area contributed by atoms with Gasteiger partial charge in [0.05, 0.1) is 12.8 Å². The maximum Gasteiger partial charge on any atom is 0.329 e. The third-order valence-corrected chi connectivity index (χ3v) is 14.6. The van der Waals surface area contributed by atoms with Gasteiger partial charge in [-0.05, 0) is 154 Å². The quantitative estimate of drug-likeness (QED) is 0.151. The van der Waals surface area contributed by atoms with Crippen LogP contribution < -0.4 is 10.6 Å². The molecule has 5 aliphatic carbocycles. The van der Waals surface area contributed by atoms with E-state index in [0.29, 0.717) is 18.4 Å². The Hall–Kier alpha value is -4.22. The number of hydrogen-bond donors (Lipinski definition) is 3. The van der Waals surface area contributed by atoms with E-state index in [1.165, 1.54) is 5.57 Å². The van der Waals surface area contributed by atoms with Crippen molar-refractivity contribution < 1.29 is 48.1 Å². The highest BCUT2D eigenvalue weighted by Crippen LogP contribution is 2.75. The summed E-state index contributed by atoms with van der Waals surface area (Å²) in [6.07, 6.45) is 10.4. The second-order valence-electron chi connectivity index (χ2n) is 22.8. The van der Waals surface area contributed by atoms with Crippen molar-refractivity contribution in [3.05, 3.63) is 46.3 Å². The molecule has 5 aliphatic rings. The molecule has 61 heavy (non-hydrogen) atoms. The summed E-state index contributed by atoms with van der Waals surface area (Å²) in [5.74, 6) is -3.91. The van der Waals surface area contributed by atoms with E-state index in [4.69, 9.17) is 14.2 Å². The first-order valence-electron chi connectivity index (χ1n) is 22.0. The van der Waals surface area contributed by atoms with E-state index in [2.05, 4.69) is 50.5 Å². The van der Waals surface area contributed by atoms with Crippen LogP contribution in [-0.2, 0) is 43.0 Å². The smallest absolute Gasteiger partial charge is 0.329 e. The van der Waals surface area contributed by atoms with Crippen molar-refractivity contribution in [2.45, 2.75) is 191 Å². The van der Waals surface area contributed by atoms with Crippen LogP contribution in [0.25, 0.3) is 0 Å². The number of carbonyl (C=O) groups is 6. The molecule has 3 N–H and O–H groups in total. The lowest BCUT2D eigenvalue weighted by molar-refractivity contribution is -0.171. The van der Waals surface area contributed by atoms with Crippen LogP contribution in [0.5, 0.6) is 0 Å². The van der Waals surface area contributed by atoms with Gasteiger partial charge in [-0.25, -0.2) is 9.59 Å². The standard InChI is InChI=1S/C49H72N2O10/c1-28-29-16-17-34-47(13,30(29)24-33(52)38(28)55)21-23-49(15)35-27-46(12,19-18-45(35,11)20-22-48(34,49)14)41(58)51-31(39(56)60-43(5,6)7)25-36(53)50-32(40(57)61-44(8,9)10)26-37(54)59-42(2,3)4/h16-17,24,31-32,35,55H,18-23,25-27H2,1-15H3,(H,50,53)(H,51,58)/t31?,32?,35-,45-,46-,47+,48-,49+/m1/s1. The second-order valence-corrected chi connectivity index (χ2v) is 22.8. The highest BCUT2D eigenvalue weighted by molar-refractivity contribution is 6.06. The van der Waals surface area contributed by atoms with Gasteiger partial charge < -0.3 is 30.0 Å². The Morgan fingerprint density at radius 2 is 1.28 bits per heavy atom. The van der Waals surface area contributed by atoms with Gasteiger partial charge >= 0.3 is 17.9 Å². The first-order valence-corrected chi connectivity index (χ1v) is 22.0. The molecule has 338 valence electrons. The molecule has 12 heteroatoms. The number of aliphatic hydroxyl groups is 1. The number of esters is 3. The van der Waals surface area contributed by atoms with Gasteiger partial charge in [-0.1, -0.05) is 52.3 Å². The number of amides is 2. The minimum atomic E-state index is -1.41. The fourth-order valence-corrected chi connectivity index (χ4v) is 11.1. The Kier molecular flexibility index (Phi) is 12.4. The molecule has 8 atom stereocenters. The first-order chi connectivity index (χ1) is 27.7. The summed E-state index contributed by atoms with van der Waals surface area (Å²) < 4.78 is 16.7. The van der Waals surface area contributed by atoms with Gasteiger partial charge in [-0.15, -0.1) is 0 Å². The zero-order valence-corrected chi connectivity index (χ0v) is 39.4.